The molecule has 0 saturated carbocycles. The second-order valence-corrected chi connectivity index (χ2v) is 5.54. The maximum absolute atomic E-state index is 12.4. The fraction of sp³-hybridized carbons (Fsp3) is 0.375. The molecule has 1 aliphatic rings. The molecular formula is C16H19N5O. The molecule has 0 bridgehead atoms. The molecule has 1 fully saturated rings. The monoisotopic (exact) mass is 297 g/mol. The van der Waals surface area contributed by atoms with Gasteiger partial charge in [-0.25, -0.2) is 15.0 Å². The van der Waals surface area contributed by atoms with Gasteiger partial charge in [-0.3, -0.25) is 4.79 Å². The highest BCUT2D eigenvalue weighted by Gasteiger charge is 2.27. The highest BCUT2D eigenvalue weighted by molar-refractivity contribution is 5.92. The van der Waals surface area contributed by atoms with E-state index in [9.17, 15) is 4.79 Å². The Bertz CT molecular complexity index is 629. The molecule has 0 aliphatic carbocycles. The zero-order chi connectivity index (χ0) is 15.4. The Labute approximate surface area is 129 Å². The highest BCUT2D eigenvalue weighted by atomic mass is 16.2. The summed E-state index contributed by atoms with van der Waals surface area (Å²) in [5, 5.41) is 2.89. The summed E-state index contributed by atoms with van der Waals surface area (Å²) in [4.78, 5) is 27.2. The van der Waals surface area contributed by atoms with Crippen LogP contribution in [0.5, 0.6) is 0 Å². The number of aromatic nitrogens is 3. The molecule has 1 unspecified atom stereocenters. The summed E-state index contributed by atoms with van der Waals surface area (Å²) >= 11 is 0. The van der Waals surface area contributed by atoms with Crippen LogP contribution in [0.4, 0.5) is 11.8 Å². The highest BCUT2D eigenvalue weighted by Crippen LogP contribution is 2.21. The Morgan fingerprint density at radius 1 is 1.27 bits per heavy atom. The zero-order valence-corrected chi connectivity index (χ0v) is 12.6. The van der Waals surface area contributed by atoms with Gasteiger partial charge >= 0.3 is 0 Å². The third-order valence-corrected chi connectivity index (χ3v) is 3.79. The molecule has 2 aromatic rings. The van der Waals surface area contributed by atoms with Crippen LogP contribution in [0.25, 0.3) is 0 Å². The van der Waals surface area contributed by atoms with Gasteiger partial charge in [-0.2, -0.15) is 0 Å². The first-order valence-electron chi connectivity index (χ1n) is 7.48. The van der Waals surface area contributed by atoms with Gasteiger partial charge in [0.2, 0.25) is 11.9 Å². The van der Waals surface area contributed by atoms with Gasteiger partial charge < -0.3 is 10.2 Å². The molecule has 1 aliphatic heterocycles. The average molecular weight is 297 g/mol. The van der Waals surface area contributed by atoms with Crippen LogP contribution in [0, 0.1) is 12.8 Å². The number of anilines is 2. The van der Waals surface area contributed by atoms with Crippen LogP contribution in [0.3, 0.4) is 0 Å². The van der Waals surface area contributed by atoms with Gasteiger partial charge in [0.1, 0.15) is 5.82 Å². The summed E-state index contributed by atoms with van der Waals surface area (Å²) < 4.78 is 0. The minimum atomic E-state index is -0.0688. The van der Waals surface area contributed by atoms with E-state index in [-0.39, 0.29) is 11.8 Å². The largest absolute Gasteiger partial charge is 0.340 e. The fourth-order valence-electron chi connectivity index (χ4n) is 2.60. The van der Waals surface area contributed by atoms with Gasteiger partial charge in [0.25, 0.3) is 0 Å². The molecule has 3 heterocycles. The summed E-state index contributed by atoms with van der Waals surface area (Å²) in [6.07, 6.45) is 7.03. The average Bonchev–Trinajstić information content (AvgIpc) is 2.58. The van der Waals surface area contributed by atoms with Crippen LogP contribution in [0.15, 0.2) is 36.8 Å². The molecular weight excluding hydrogens is 278 g/mol. The molecule has 3 rings (SSSR count). The molecule has 2 aromatic heterocycles. The van der Waals surface area contributed by atoms with Crippen molar-refractivity contribution < 1.29 is 4.79 Å². The van der Waals surface area contributed by atoms with E-state index in [2.05, 4.69) is 25.2 Å². The number of aryl methyl sites for hydroxylation is 1. The number of nitrogens with zero attached hydrogens (tertiary/aromatic N) is 4. The number of hydrogen-bond donors (Lipinski definition) is 1. The lowest BCUT2D eigenvalue weighted by Gasteiger charge is -2.31. The van der Waals surface area contributed by atoms with Gasteiger partial charge in [0.15, 0.2) is 0 Å². The lowest BCUT2D eigenvalue weighted by molar-refractivity contribution is -0.120. The molecule has 6 heteroatoms. The number of rotatable bonds is 3. The van der Waals surface area contributed by atoms with Crippen molar-refractivity contribution in [3.63, 3.8) is 0 Å². The summed E-state index contributed by atoms with van der Waals surface area (Å²) in [5.41, 5.74) is 1.07. The summed E-state index contributed by atoms with van der Waals surface area (Å²) in [6.45, 7) is 3.50. The van der Waals surface area contributed by atoms with Gasteiger partial charge in [-0.1, -0.05) is 6.07 Å². The Hall–Kier alpha value is -2.50. The maximum atomic E-state index is 12.4. The van der Waals surface area contributed by atoms with Crippen molar-refractivity contribution in [1.82, 2.24) is 15.0 Å². The summed E-state index contributed by atoms with van der Waals surface area (Å²) in [5.74, 6) is 1.23. The van der Waals surface area contributed by atoms with E-state index in [0.29, 0.717) is 18.3 Å². The smallest absolute Gasteiger partial charge is 0.230 e. The van der Waals surface area contributed by atoms with E-state index in [0.717, 1.165) is 24.9 Å². The predicted octanol–water partition coefficient (Wildman–Crippen LogP) is 2.04. The van der Waals surface area contributed by atoms with Crippen LogP contribution >= 0.6 is 0 Å². The lowest BCUT2D eigenvalue weighted by Crippen LogP contribution is -2.41. The van der Waals surface area contributed by atoms with E-state index < -0.39 is 0 Å². The molecule has 6 nitrogen and oxygen atoms in total. The first-order chi connectivity index (χ1) is 10.7. The van der Waals surface area contributed by atoms with Gasteiger partial charge in [0, 0.05) is 31.7 Å². The summed E-state index contributed by atoms with van der Waals surface area (Å²) in [6, 6.07) is 5.56. The molecule has 22 heavy (non-hydrogen) atoms. The Morgan fingerprint density at radius 3 is 2.82 bits per heavy atom. The molecule has 1 amide bonds. The molecule has 0 spiro atoms. The van der Waals surface area contributed by atoms with Gasteiger partial charge in [0.05, 0.1) is 5.92 Å². The van der Waals surface area contributed by atoms with E-state index in [4.69, 9.17) is 0 Å². The van der Waals surface area contributed by atoms with Crippen LogP contribution in [-0.4, -0.2) is 33.9 Å². The first-order valence-corrected chi connectivity index (χ1v) is 7.48. The molecule has 1 atom stereocenters. The minimum absolute atomic E-state index is 0.0111. The number of amides is 1. The molecule has 0 aromatic carbocycles. The van der Waals surface area contributed by atoms with Crippen molar-refractivity contribution in [2.24, 2.45) is 5.92 Å². The predicted molar refractivity (Wildman–Crippen MR) is 84.6 cm³/mol. The number of carbonyl (C=O) groups excluding carboxylic acids is 1. The molecule has 0 radical (unpaired) electrons. The van der Waals surface area contributed by atoms with Crippen LogP contribution in [0.1, 0.15) is 18.4 Å². The second-order valence-electron chi connectivity index (χ2n) is 5.54. The van der Waals surface area contributed by atoms with Crippen molar-refractivity contribution in [3.05, 3.63) is 42.4 Å². The number of piperidine rings is 1. The first kappa shape index (κ1) is 14.4. The Kier molecular flexibility index (Phi) is 4.27. The van der Waals surface area contributed by atoms with Gasteiger partial charge in [-0.05, 0) is 37.5 Å². The molecule has 114 valence electrons. The Morgan fingerprint density at radius 2 is 2.09 bits per heavy atom. The topological polar surface area (TPSA) is 71.0 Å². The maximum Gasteiger partial charge on any atom is 0.230 e. The van der Waals surface area contributed by atoms with Gasteiger partial charge in [-0.15, -0.1) is 0 Å². The summed E-state index contributed by atoms with van der Waals surface area (Å²) in [7, 11) is 0. The van der Waals surface area contributed by atoms with Crippen molar-refractivity contribution in [3.8, 4) is 0 Å². The van der Waals surface area contributed by atoms with E-state index in [1.54, 1.807) is 24.7 Å². The van der Waals surface area contributed by atoms with Crippen molar-refractivity contribution in [2.45, 2.75) is 19.8 Å². The van der Waals surface area contributed by atoms with Crippen molar-refractivity contribution in [2.75, 3.05) is 23.3 Å². The zero-order valence-electron chi connectivity index (χ0n) is 12.6. The van der Waals surface area contributed by atoms with Crippen molar-refractivity contribution >= 4 is 17.7 Å². The molecule has 1 saturated heterocycles. The van der Waals surface area contributed by atoms with E-state index in [1.165, 1.54) is 0 Å². The van der Waals surface area contributed by atoms with Crippen LogP contribution < -0.4 is 10.2 Å². The number of pyridine rings is 1. The van der Waals surface area contributed by atoms with Crippen LogP contribution in [0.2, 0.25) is 0 Å². The number of nitrogens with one attached hydrogen (secondary N) is 1. The third-order valence-electron chi connectivity index (χ3n) is 3.79. The third kappa shape index (κ3) is 3.39. The second kappa shape index (κ2) is 6.51. The van der Waals surface area contributed by atoms with E-state index >= 15 is 0 Å². The quantitative estimate of drug-likeness (QED) is 0.938. The van der Waals surface area contributed by atoms with E-state index in [1.807, 2.05) is 19.1 Å². The lowest BCUT2D eigenvalue weighted by atomic mass is 9.97. The minimum Gasteiger partial charge on any atom is -0.340 e. The SMILES string of the molecule is Cc1ccc(NC(=O)C2CCCN(c3ncccn3)C2)nc1. The van der Waals surface area contributed by atoms with Crippen LogP contribution in [-0.2, 0) is 4.79 Å². The normalized spacial score (nSPS) is 18.0. The number of carbonyl (C=O) groups is 1. The van der Waals surface area contributed by atoms with Crippen molar-refractivity contribution in [1.29, 1.82) is 0 Å². The standard InChI is InChI=1S/C16H19N5O/c1-12-5-6-14(19-10-12)20-15(22)13-4-2-9-21(11-13)16-17-7-3-8-18-16/h3,5-8,10,13H,2,4,9,11H2,1H3,(H,19,20,22). The number of hydrogen-bond acceptors (Lipinski definition) is 5. The molecule has 1 N–H and O–H groups in total. The Balaban J connectivity index is 1.64. The fourth-order valence-corrected chi connectivity index (χ4v) is 2.60.